The summed E-state index contributed by atoms with van der Waals surface area (Å²) in [7, 11) is -3.79. The Morgan fingerprint density at radius 1 is 0.605 bits per heavy atom. The van der Waals surface area contributed by atoms with E-state index in [9.17, 15) is 8.42 Å². The maximum Gasteiger partial charge on any atom is 1.00 e. The second-order valence-corrected chi connectivity index (χ2v) is 10.4. The van der Waals surface area contributed by atoms with Gasteiger partial charge in [0.15, 0.2) is 0 Å². The Kier molecular flexibility index (Phi) is 38.8. The minimum absolute atomic E-state index is 0. The molecule has 0 aliphatic rings. The Labute approximate surface area is 259 Å². The molecule has 0 saturated carbocycles. The third kappa shape index (κ3) is 38.0. The fraction of sp³-hybridized carbons (Fsp3) is 0.800. The largest absolute Gasteiger partial charge is 1.00 e. The third-order valence-electron chi connectivity index (χ3n) is 5.62. The Hall–Kier alpha value is -0.150. The average Bonchev–Trinajstić information content (AvgIpc) is 2.88. The molecule has 222 valence electrons. The number of unbranched alkanes of at least 4 members (excludes halogenated alkanes) is 14. The van der Waals surface area contributed by atoms with Gasteiger partial charge in [0, 0.05) is 13.2 Å². The Morgan fingerprint density at radius 2 is 0.947 bits per heavy atom. The van der Waals surface area contributed by atoms with Crippen LogP contribution in [0.5, 0.6) is 5.75 Å². The first-order chi connectivity index (χ1) is 17.9. The van der Waals surface area contributed by atoms with Gasteiger partial charge in [-0.25, -0.2) is 8.37 Å². The molecule has 0 heterocycles. The van der Waals surface area contributed by atoms with E-state index in [2.05, 4.69) is 13.8 Å². The van der Waals surface area contributed by atoms with E-state index in [1.165, 1.54) is 64.2 Å². The fourth-order valence-corrected chi connectivity index (χ4v) is 4.17. The van der Waals surface area contributed by atoms with Gasteiger partial charge in [-0.05, 0) is 38.8 Å². The predicted octanol–water partition coefficient (Wildman–Crippen LogP) is 6.10. The molecular formula is C30H59NaO6S. The van der Waals surface area contributed by atoms with Crippen molar-refractivity contribution >= 4 is 10.4 Å². The summed E-state index contributed by atoms with van der Waals surface area (Å²) >= 11 is 0. The van der Waals surface area contributed by atoms with E-state index in [4.69, 9.17) is 18.2 Å². The summed E-state index contributed by atoms with van der Waals surface area (Å²) in [5, 5.41) is 8.63. The summed E-state index contributed by atoms with van der Waals surface area (Å²) in [4.78, 5) is 0. The Balaban J connectivity index is -0.000000359. The van der Waals surface area contributed by atoms with E-state index >= 15 is 0 Å². The van der Waals surface area contributed by atoms with Gasteiger partial charge in [-0.3, -0.25) is 0 Å². The second-order valence-electron chi connectivity index (χ2n) is 9.12. The van der Waals surface area contributed by atoms with Crippen LogP contribution < -0.4 is 29.6 Å². The molecule has 0 radical (unpaired) electrons. The number of hydrogen-bond donors (Lipinski definition) is 1. The van der Waals surface area contributed by atoms with Crippen molar-refractivity contribution in [2.75, 3.05) is 26.4 Å². The van der Waals surface area contributed by atoms with Gasteiger partial charge in [-0.2, -0.15) is 8.42 Å². The van der Waals surface area contributed by atoms with Crippen molar-refractivity contribution in [3.8, 4) is 5.75 Å². The van der Waals surface area contributed by atoms with Gasteiger partial charge in [0.2, 0.25) is 0 Å². The predicted molar refractivity (Wildman–Crippen MR) is 157 cm³/mol. The van der Waals surface area contributed by atoms with Crippen molar-refractivity contribution in [2.24, 2.45) is 0 Å². The first-order valence-corrected chi connectivity index (χ1v) is 16.1. The number of phenolic OH excluding ortho intramolecular Hbond substituents is 1. The van der Waals surface area contributed by atoms with Crippen molar-refractivity contribution in [1.29, 1.82) is 0 Å². The maximum absolute atomic E-state index is 11.6. The van der Waals surface area contributed by atoms with Crippen molar-refractivity contribution < 1.29 is 57.6 Å². The molecule has 0 spiro atoms. The first kappa shape index (κ1) is 42.3. The minimum Gasteiger partial charge on any atom is -1.00 e. The van der Waals surface area contributed by atoms with Gasteiger partial charge in [-0.15, -0.1) is 0 Å². The van der Waals surface area contributed by atoms with Crippen LogP contribution in [0.4, 0.5) is 0 Å². The molecule has 0 unspecified atom stereocenters. The molecule has 0 fully saturated rings. The summed E-state index contributed by atoms with van der Waals surface area (Å²) in [6, 6.07) is 8.71. The van der Waals surface area contributed by atoms with Crippen LogP contribution in [0.3, 0.4) is 0 Å². The quantitative estimate of drug-likeness (QED) is 0.134. The SMILES string of the molecule is CCCCCCCCCCCCOS(=O)(=O)OCCCCCCCC.CCOCC.Oc1ccccc1.[H-].[Na+]. The summed E-state index contributed by atoms with van der Waals surface area (Å²) in [6.45, 7) is 10.6. The van der Waals surface area contributed by atoms with Crippen LogP contribution in [-0.2, 0) is 23.5 Å². The van der Waals surface area contributed by atoms with Crippen LogP contribution in [0, 0.1) is 0 Å². The monoisotopic (exact) mass is 570 g/mol. The molecule has 8 heteroatoms. The maximum atomic E-state index is 11.6. The van der Waals surface area contributed by atoms with E-state index in [1.807, 2.05) is 19.9 Å². The second kappa shape index (κ2) is 34.9. The number of hydrogen-bond acceptors (Lipinski definition) is 6. The molecular weight excluding hydrogens is 511 g/mol. The van der Waals surface area contributed by atoms with Gasteiger partial charge in [0.1, 0.15) is 5.75 Å². The zero-order chi connectivity index (χ0) is 27.9. The summed E-state index contributed by atoms with van der Waals surface area (Å²) in [5.74, 6) is 0.322. The van der Waals surface area contributed by atoms with Gasteiger partial charge in [-0.1, -0.05) is 122 Å². The normalized spacial score (nSPS) is 10.5. The number of para-hydroxylation sites is 1. The van der Waals surface area contributed by atoms with Gasteiger partial charge >= 0.3 is 40.0 Å². The van der Waals surface area contributed by atoms with Crippen molar-refractivity contribution in [1.82, 2.24) is 0 Å². The van der Waals surface area contributed by atoms with E-state index in [-0.39, 0.29) is 44.2 Å². The third-order valence-corrected chi connectivity index (χ3v) is 6.53. The van der Waals surface area contributed by atoms with Gasteiger partial charge in [0.25, 0.3) is 0 Å². The van der Waals surface area contributed by atoms with Crippen LogP contribution in [0.15, 0.2) is 30.3 Å². The molecule has 0 aliphatic heterocycles. The molecule has 1 N–H and O–H groups in total. The molecule has 0 bridgehead atoms. The number of ether oxygens (including phenoxy) is 1. The van der Waals surface area contributed by atoms with Gasteiger partial charge in [0.05, 0.1) is 13.2 Å². The Morgan fingerprint density at radius 3 is 1.21 bits per heavy atom. The van der Waals surface area contributed by atoms with Crippen LogP contribution in [0.25, 0.3) is 0 Å². The van der Waals surface area contributed by atoms with E-state index < -0.39 is 10.4 Å². The Bertz CT molecular complexity index is 648. The van der Waals surface area contributed by atoms with Crippen molar-refractivity contribution in [2.45, 2.75) is 130 Å². The topological polar surface area (TPSA) is 82.1 Å². The van der Waals surface area contributed by atoms with Crippen molar-refractivity contribution in [3.05, 3.63) is 30.3 Å². The molecule has 0 aromatic heterocycles. The first-order valence-electron chi connectivity index (χ1n) is 14.8. The van der Waals surface area contributed by atoms with Crippen LogP contribution in [0.1, 0.15) is 132 Å². The zero-order valence-corrected chi connectivity index (χ0v) is 28.2. The summed E-state index contributed by atoms with van der Waals surface area (Å²) in [6.07, 6.45) is 18.9. The van der Waals surface area contributed by atoms with Crippen LogP contribution in [-0.4, -0.2) is 40.0 Å². The van der Waals surface area contributed by atoms with Crippen LogP contribution >= 0.6 is 0 Å². The zero-order valence-electron chi connectivity index (χ0n) is 26.4. The molecule has 1 aromatic rings. The number of benzene rings is 1. The molecule has 0 atom stereocenters. The van der Waals surface area contributed by atoms with Crippen LogP contribution in [0.2, 0.25) is 0 Å². The average molecular weight is 571 g/mol. The number of phenols is 1. The molecule has 0 amide bonds. The summed E-state index contributed by atoms with van der Waals surface area (Å²) in [5.41, 5.74) is 0. The van der Waals surface area contributed by atoms with Crippen molar-refractivity contribution in [3.63, 3.8) is 0 Å². The number of rotatable bonds is 22. The smallest absolute Gasteiger partial charge is 1.00 e. The minimum atomic E-state index is -3.79. The van der Waals surface area contributed by atoms with E-state index in [0.29, 0.717) is 5.75 Å². The van der Waals surface area contributed by atoms with E-state index in [0.717, 1.165) is 51.7 Å². The molecule has 0 aliphatic carbocycles. The fourth-order valence-electron chi connectivity index (χ4n) is 3.46. The standard InChI is InChI=1S/C20H42O4S.C6H6O.C4H10O.Na.H/c1-3-5-7-9-11-12-13-14-16-18-20-24-25(21,22)23-19-17-15-10-8-6-4-2;7-6-4-2-1-3-5-6;1-3-5-4-2;;/h3-20H2,1-2H3;1-5,7H;3-4H2,1-2H3;;/q;;;+1;-1. The summed E-state index contributed by atoms with van der Waals surface area (Å²) < 4.78 is 37.8. The number of aromatic hydroxyl groups is 1. The molecule has 1 aromatic carbocycles. The van der Waals surface area contributed by atoms with E-state index in [1.54, 1.807) is 24.3 Å². The molecule has 6 nitrogen and oxygen atoms in total. The molecule has 38 heavy (non-hydrogen) atoms. The molecule has 0 saturated heterocycles. The molecule has 1 rings (SSSR count). The van der Waals surface area contributed by atoms with Gasteiger partial charge < -0.3 is 11.3 Å².